The van der Waals surface area contributed by atoms with Crippen molar-refractivity contribution in [3.8, 4) is 0 Å². The van der Waals surface area contributed by atoms with Gasteiger partial charge < -0.3 is 5.32 Å². The van der Waals surface area contributed by atoms with Crippen molar-refractivity contribution in [2.45, 2.75) is 45.2 Å². The highest BCUT2D eigenvalue weighted by Crippen LogP contribution is 2.22. The molecule has 0 radical (unpaired) electrons. The summed E-state index contributed by atoms with van der Waals surface area (Å²) in [4.78, 5) is 11.7. The third-order valence-corrected chi connectivity index (χ3v) is 3.31. The summed E-state index contributed by atoms with van der Waals surface area (Å²) in [7, 11) is 0. The van der Waals surface area contributed by atoms with Crippen LogP contribution in [0.5, 0.6) is 0 Å². The molecule has 2 aliphatic rings. The SMILES string of the molecule is CC(C)N1C(=O)CCN1C1CCNCC1. The monoisotopic (exact) mass is 211 g/mol. The molecule has 86 valence electrons. The fourth-order valence-corrected chi connectivity index (χ4v) is 2.62. The fraction of sp³-hybridized carbons (Fsp3) is 0.909. The van der Waals surface area contributed by atoms with Crippen LogP contribution in [-0.2, 0) is 4.79 Å². The fourth-order valence-electron chi connectivity index (χ4n) is 2.62. The van der Waals surface area contributed by atoms with Gasteiger partial charge in [-0.3, -0.25) is 9.80 Å². The molecule has 4 nitrogen and oxygen atoms in total. The molecule has 2 rings (SSSR count). The number of hydrogen-bond acceptors (Lipinski definition) is 3. The van der Waals surface area contributed by atoms with Gasteiger partial charge in [-0.25, -0.2) is 5.01 Å². The number of piperidine rings is 1. The maximum atomic E-state index is 11.7. The smallest absolute Gasteiger partial charge is 0.238 e. The molecule has 0 aromatic carbocycles. The van der Waals surface area contributed by atoms with Crippen LogP contribution < -0.4 is 5.32 Å². The average molecular weight is 211 g/mol. The molecule has 0 aromatic rings. The van der Waals surface area contributed by atoms with Crippen molar-refractivity contribution in [2.24, 2.45) is 0 Å². The van der Waals surface area contributed by atoms with E-state index < -0.39 is 0 Å². The standard InChI is InChI=1S/C11H21N3O/c1-9(2)14-11(15)5-8-13(14)10-3-6-12-7-4-10/h9-10,12H,3-8H2,1-2H3. The molecule has 0 bridgehead atoms. The molecule has 0 aromatic heterocycles. The Morgan fingerprint density at radius 2 is 2.00 bits per heavy atom. The maximum Gasteiger partial charge on any atom is 0.238 e. The first-order chi connectivity index (χ1) is 7.20. The highest BCUT2D eigenvalue weighted by molar-refractivity contribution is 5.77. The molecule has 1 amide bonds. The van der Waals surface area contributed by atoms with E-state index in [2.05, 4.69) is 24.2 Å². The highest BCUT2D eigenvalue weighted by atomic mass is 16.2. The number of rotatable bonds is 2. The minimum atomic E-state index is 0.295. The predicted octanol–water partition coefficient (Wildman–Crippen LogP) is 0.596. The second-order valence-corrected chi connectivity index (χ2v) is 4.73. The Bertz CT molecular complexity index is 236. The van der Waals surface area contributed by atoms with Crippen LogP contribution in [0.1, 0.15) is 33.1 Å². The quantitative estimate of drug-likeness (QED) is 0.726. The third kappa shape index (κ3) is 2.16. The normalized spacial score (nSPS) is 25.5. The lowest BCUT2D eigenvalue weighted by Crippen LogP contribution is -2.51. The highest BCUT2D eigenvalue weighted by Gasteiger charge is 2.35. The van der Waals surface area contributed by atoms with Crippen LogP contribution in [0.15, 0.2) is 0 Å². The van der Waals surface area contributed by atoms with E-state index in [0.29, 0.717) is 24.4 Å². The molecule has 0 aliphatic carbocycles. The van der Waals surface area contributed by atoms with E-state index in [-0.39, 0.29) is 0 Å². The maximum absolute atomic E-state index is 11.7. The van der Waals surface area contributed by atoms with Gasteiger partial charge in [0, 0.05) is 25.0 Å². The van der Waals surface area contributed by atoms with Gasteiger partial charge in [0.1, 0.15) is 0 Å². The Labute approximate surface area is 91.6 Å². The van der Waals surface area contributed by atoms with Crippen LogP contribution in [-0.4, -0.2) is 47.6 Å². The molecular formula is C11H21N3O. The third-order valence-electron chi connectivity index (χ3n) is 3.31. The number of nitrogens with one attached hydrogen (secondary N) is 1. The van der Waals surface area contributed by atoms with Gasteiger partial charge >= 0.3 is 0 Å². The molecule has 0 spiro atoms. The summed E-state index contributed by atoms with van der Waals surface area (Å²) < 4.78 is 0. The average Bonchev–Trinajstić information content (AvgIpc) is 2.61. The van der Waals surface area contributed by atoms with Crippen LogP contribution in [0.4, 0.5) is 0 Å². The van der Waals surface area contributed by atoms with Gasteiger partial charge in [-0.1, -0.05) is 0 Å². The minimum absolute atomic E-state index is 0.295. The second kappa shape index (κ2) is 4.49. The number of carbonyl (C=O) groups is 1. The van der Waals surface area contributed by atoms with Crippen molar-refractivity contribution in [1.29, 1.82) is 0 Å². The summed E-state index contributed by atoms with van der Waals surface area (Å²) in [5, 5.41) is 7.63. The van der Waals surface area contributed by atoms with Gasteiger partial charge in [0.2, 0.25) is 5.91 Å². The Morgan fingerprint density at radius 3 is 2.60 bits per heavy atom. The molecule has 0 saturated carbocycles. The second-order valence-electron chi connectivity index (χ2n) is 4.73. The Kier molecular flexibility index (Phi) is 3.26. The van der Waals surface area contributed by atoms with Crippen molar-refractivity contribution < 1.29 is 4.79 Å². The van der Waals surface area contributed by atoms with Gasteiger partial charge in [0.25, 0.3) is 0 Å². The van der Waals surface area contributed by atoms with E-state index in [0.717, 1.165) is 32.5 Å². The topological polar surface area (TPSA) is 35.6 Å². The summed E-state index contributed by atoms with van der Waals surface area (Å²) in [6.07, 6.45) is 3.02. The molecule has 2 fully saturated rings. The molecule has 1 N–H and O–H groups in total. The minimum Gasteiger partial charge on any atom is -0.317 e. The van der Waals surface area contributed by atoms with Gasteiger partial charge in [0.05, 0.1) is 0 Å². The van der Waals surface area contributed by atoms with Crippen LogP contribution in [0.3, 0.4) is 0 Å². The lowest BCUT2D eigenvalue weighted by Gasteiger charge is -2.39. The van der Waals surface area contributed by atoms with Crippen LogP contribution in [0.25, 0.3) is 0 Å². The zero-order valence-corrected chi connectivity index (χ0v) is 9.70. The molecule has 4 heteroatoms. The number of hydrazine groups is 1. The van der Waals surface area contributed by atoms with Crippen LogP contribution in [0, 0.1) is 0 Å². The lowest BCUT2D eigenvalue weighted by molar-refractivity contribution is -0.145. The van der Waals surface area contributed by atoms with Crippen molar-refractivity contribution in [2.75, 3.05) is 19.6 Å². The zero-order valence-electron chi connectivity index (χ0n) is 9.70. The van der Waals surface area contributed by atoms with Crippen molar-refractivity contribution in [1.82, 2.24) is 15.3 Å². The molecule has 0 unspecified atom stereocenters. The van der Waals surface area contributed by atoms with Gasteiger partial charge in [0.15, 0.2) is 0 Å². The largest absolute Gasteiger partial charge is 0.317 e. The Balaban J connectivity index is 2.03. The first-order valence-corrected chi connectivity index (χ1v) is 5.99. The van der Waals surface area contributed by atoms with Gasteiger partial charge in [-0.05, 0) is 39.8 Å². The van der Waals surface area contributed by atoms with E-state index in [4.69, 9.17) is 0 Å². The predicted molar refractivity (Wildman–Crippen MR) is 59.2 cm³/mol. The first-order valence-electron chi connectivity index (χ1n) is 5.99. The van der Waals surface area contributed by atoms with Crippen molar-refractivity contribution in [3.63, 3.8) is 0 Å². The van der Waals surface area contributed by atoms with Gasteiger partial charge in [-0.2, -0.15) is 0 Å². The molecule has 15 heavy (non-hydrogen) atoms. The van der Waals surface area contributed by atoms with Crippen molar-refractivity contribution in [3.05, 3.63) is 0 Å². The summed E-state index contributed by atoms with van der Waals surface area (Å²) in [6, 6.07) is 0.870. The molecule has 2 saturated heterocycles. The number of carbonyl (C=O) groups excluding carboxylic acids is 1. The lowest BCUT2D eigenvalue weighted by atomic mass is 10.1. The number of amides is 1. The summed E-state index contributed by atoms with van der Waals surface area (Å²) >= 11 is 0. The van der Waals surface area contributed by atoms with E-state index in [1.165, 1.54) is 0 Å². The van der Waals surface area contributed by atoms with E-state index in [1.807, 2.05) is 5.01 Å². The summed E-state index contributed by atoms with van der Waals surface area (Å²) in [6.45, 7) is 7.28. The molecule has 2 aliphatic heterocycles. The van der Waals surface area contributed by atoms with E-state index in [1.54, 1.807) is 0 Å². The molecule has 0 atom stereocenters. The summed E-state index contributed by atoms with van der Waals surface area (Å²) in [5.74, 6) is 0.295. The molecule has 2 heterocycles. The summed E-state index contributed by atoms with van der Waals surface area (Å²) in [5.41, 5.74) is 0. The van der Waals surface area contributed by atoms with Crippen LogP contribution >= 0.6 is 0 Å². The molecular weight excluding hydrogens is 190 g/mol. The zero-order chi connectivity index (χ0) is 10.8. The number of nitrogens with zero attached hydrogens (tertiary/aromatic N) is 2. The van der Waals surface area contributed by atoms with E-state index in [9.17, 15) is 4.79 Å². The Morgan fingerprint density at radius 1 is 1.33 bits per heavy atom. The van der Waals surface area contributed by atoms with Crippen molar-refractivity contribution >= 4 is 5.91 Å². The van der Waals surface area contributed by atoms with E-state index >= 15 is 0 Å². The van der Waals surface area contributed by atoms with Crippen LogP contribution in [0.2, 0.25) is 0 Å². The van der Waals surface area contributed by atoms with Gasteiger partial charge in [-0.15, -0.1) is 0 Å². The Hall–Kier alpha value is -0.610. The first kappa shape index (κ1) is 10.9. The number of hydrogen-bond donors (Lipinski definition) is 1.